The third-order valence-electron chi connectivity index (χ3n) is 9.22. The first-order valence-electron chi connectivity index (χ1n) is 14.9. The maximum Gasteiger partial charge on any atom is 0.438 e. The fourth-order valence-corrected chi connectivity index (χ4v) is 11.1. The van der Waals surface area contributed by atoms with Crippen molar-refractivity contribution in [3.8, 4) is 0 Å². The monoisotopic (exact) mass is 686 g/mol. The number of benzene rings is 3. The number of hydrogen-bond donors (Lipinski definition) is 0. The summed E-state index contributed by atoms with van der Waals surface area (Å²) in [6, 6.07) is 32.5. The van der Waals surface area contributed by atoms with Crippen LogP contribution in [0.25, 0.3) is 0 Å². The van der Waals surface area contributed by atoms with Gasteiger partial charge in [0.25, 0.3) is 0 Å². The minimum Gasteiger partial charge on any atom is -0.748 e. The SMILES string of the molecule is O=C(OC(CS(=O)(=O)[O-])(C(F)(F)F)C(F)(F)F)C12CC3CC(CC(C3)C1)C2.c1ccc([PH+](c2ccccc2)c2ccccc2)cc1. The normalized spacial score (nSPS) is 24.3. The van der Waals surface area contributed by atoms with Crippen LogP contribution in [-0.2, 0) is 19.6 Å². The molecule has 13 heteroatoms. The van der Waals surface area contributed by atoms with Gasteiger partial charge in [-0.05, 0) is 92.7 Å². The lowest BCUT2D eigenvalue weighted by Crippen LogP contribution is -2.65. The smallest absolute Gasteiger partial charge is 0.438 e. The van der Waals surface area contributed by atoms with E-state index in [0.717, 1.165) is 19.3 Å². The second-order valence-corrected chi connectivity index (χ2v) is 16.5. The molecule has 4 bridgehead atoms. The van der Waals surface area contributed by atoms with E-state index in [1.165, 1.54) is 15.9 Å². The molecular formula is C33H33F6O5PS. The van der Waals surface area contributed by atoms with Crippen molar-refractivity contribution >= 4 is 39.9 Å². The molecule has 5 nitrogen and oxygen atoms in total. The number of esters is 1. The Labute approximate surface area is 264 Å². The van der Waals surface area contributed by atoms with Gasteiger partial charge in [-0.3, -0.25) is 4.79 Å². The highest BCUT2D eigenvalue weighted by Gasteiger charge is 2.76. The minimum absolute atomic E-state index is 0.0261. The highest BCUT2D eigenvalue weighted by atomic mass is 32.2. The highest BCUT2D eigenvalue weighted by Crippen LogP contribution is 2.61. The minimum atomic E-state index is -6.32. The standard InChI is InChI=1S/C18H15P.C15H18F6O5S/c1-4-10-16(11-5-1)19(17-12-6-2-7-13-17)18-14-8-3-9-15-18;16-14(17,18)13(15(19,20)21,7-27(23,24)25)26-11(22)12-4-8-1-9(5-12)3-10(2-8)6-12/h1-15H;8-10H,1-7H2,(H,23,24,25). The summed E-state index contributed by atoms with van der Waals surface area (Å²) in [4.78, 5) is 12.6. The van der Waals surface area contributed by atoms with Crippen LogP contribution in [0.2, 0.25) is 0 Å². The fraction of sp³-hybridized carbons (Fsp3) is 0.424. The highest BCUT2D eigenvalue weighted by molar-refractivity contribution is 7.85. The van der Waals surface area contributed by atoms with Crippen molar-refractivity contribution in [3.63, 3.8) is 0 Å². The van der Waals surface area contributed by atoms with E-state index in [9.17, 15) is 44.1 Å². The van der Waals surface area contributed by atoms with Gasteiger partial charge in [0, 0.05) is 0 Å². The molecule has 4 aliphatic rings. The summed E-state index contributed by atoms with van der Waals surface area (Å²) < 4.78 is 116. The number of rotatable bonds is 7. The average Bonchev–Trinajstić information content (AvgIpc) is 2.96. The van der Waals surface area contributed by atoms with Crippen LogP contribution in [0.4, 0.5) is 26.3 Å². The van der Waals surface area contributed by atoms with E-state index in [4.69, 9.17) is 0 Å². The van der Waals surface area contributed by atoms with Gasteiger partial charge >= 0.3 is 23.9 Å². The number of ether oxygens (including phenoxy) is 1. The quantitative estimate of drug-likeness (QED) is 0.126. The third kappa shape index (κ3) is 7.29. The van der Waals surface area contributed by atoms with Crippen molar-refractivity contribution in [2.45, 2.75) is 56.5 Å². The van der Waals surface area contributed by atoms with Gasteiger partial charge in [0.15, 0.2) is 0 Å². The Morgan fingerprint density at radius 1 is 0.696 bits per heavy atom. The van der Waals surface area contributed by atoms with Crippen LogP contribution >= 0.6 is 7.92 Å². The van der Waals surface area contributed by atoms with Crippen molar-refractivity contribution < 1.29 is 48.8 Å². The molecule has 0 N–H and O–H groups in total. The fourth-order valence-electron chi connectivity index (χ4n) is 7.66. The van der Waals surface area contributed by atoms with E-state index in [1.807, 2.05) is 0 Å². The van der Waals surface area contributed by atoms with Crippen molar-refractivity contribution in [2.75, 3.05) is 5.75 Å². The van der Waals surface area contributed by atoms with Gasteiger partial charge in [0.1, 0.15) is 15.9 Å². The molecule has 0 spiro atoms. The molecule has 3 aromatic rings. The lowest BCUT2D eigenvalue weighted by molar-refractivity contribution is -0.364. The largest absolute Gasteiger partial charge is 0.748 e. The molecule has 0 aromatic heterocycles. The van der Waals surface area contributed by atoms with Gasteiger partial charge in [-0.2, -0.15) is 26.3 Å². The molecule has 0 amide bonds. The Kier molecular flexibility index (Phi) is 9.66. The van der Waals surface area contributed by atoms with Crippen LogP contribution in [0, 0.1) is 23.2 Å². The molecule has 4 saturated carbocycles. The molecular weight excluding hydrogens is 653 g/mol. The second-order valence-electron chi connectivity index (χ2n) is 12.6. The Morgan fingerprint density at radius 3 is 1.30 bits per heavy atom. The molecule has 0 heterocycles. The van der Waals surface area contributed by atoms with Crippen molar-refractivity contribution in [1.82, 2.24) is 0 Å². The molecule has 0 aliphatic heterocycles. The van der Waals surface area contributed by atoms with Gasteiger partial charge in [-0.1, -0.05) is 54.6 Å². The van der Waals surface area contributed by atoms with Gasteiger partial charge in [-0.25, -0.2) is 8.42 Å². The van der Waals surface area contributed by atoms with E-state index in [1.54, 1.807) is 0 Å². The third-order valence-corrected chi connectivity index (χ3v) is 12.7. The van der Waals surface area contributed by atoms with E-state index in [0.29, 0.717) is 0 Å². The van der Waals surface area contributed by atoms with Gasteiger partial charge in [0.2, 0.25) is 0 Å². The molecule has 3 aromatic carbocycles. The average molecular weight is 687 g/mol. The summed E-state index contributed by atoms with van der Waals surface area (Å²) in [7, 11) is -6.89. The zero-order chi connectivity index (χ0) is 33.4. The van der Waals surface area contributed by atoms with Crippen molar-refractivity contribution in [1.29, 1.82) is 0 Å². The summed E-state index contributed by atoms with van der Waals surface area (Å²) in [5.74, 6) is -4.57. The predicted octanol–water partition coefficient (Wildman–Crippen LogP) is 6.33. The van der Waals surface area contributed by atoms with Crippen LogP contribution in [0.3, 0.4) is 0 Å². The first kappa shape index (κ1) is 34.4. The second kappa shape index (κ2) is 12.9. The maximum atomic E-state index is 13.3. The maximum absolute atomic E-state index is 13.3. The van der Waals surface area contributed by atoms with Crippen LogP contribution in [0.15, 0.2) is 91.0 Å². The molecule has 0 radical (unpaired) electrons. The Bertz CT molecular complexity index is 1450. The summed E-state index contributed by atoms with van der Waals surface area (Å²) in [6.07, 6.45) is -9.97. The molecule has 7 rings (SSSR count). The molecule has 4 fully saturated rings. The van der Waals surface area contributed by atoms with Gasteiger partial charge in [-0.15, -0.1) is 0 Å². The van der Waals surface area contributed by atoms with E-state index in [-0.39, 0.29) is 37.0 Å². The van der Waals surface area contributed by atoms with E-state index in [2.05, 4.69) is 95.7 Å². The number of halogens is 6. The van der Waals surface area contributed by atoms with Gasteiger partial charge < -0.3 is 9.29 Å². The predicted molar refractivity (Wildman–Crippen MR) is 163 cm³/mol. The Hall–Kier alpha value is -2.95. The number of alkyl halides is 6. The first-order chi connectivity index (χ1) is 21.5. The molecule has 0 unspecified atom stereocenters. The summed E-state index contributed by atoms with van der Waals surface area (Å²) in [5.41, 5.74) is -6.86. The van der Waals surface area contributed by atoms with Crippen LogP contribution in [0.5, 0.6) is 0 Å². The van der Waals surface area contributed by atoms with Crippen LogP contribution < -0.4 is 15.9 Å². The van der Waals surface area contributed by atoms with Crippen molar-refractivity contribution in [2.24, 2.45) is 23.2 Å². The van der Waals surface area contributed by atoms with Gasteiger partial charge in [0.05, 0.1) is 29.2 Å². The van der Waals surface area contributed by atoms with Crippen molar-refractivity contribution in [3.05, 3.63) is 91.0 Å². The van der Waals surface area contributed by atoms with Crippen LogP contribution in [0.1, 0.15) is 38.5 Å². The zero-order valence-corrected chi connectivity index (χ0v) is 26.4. The Morgan fingerprint density at radius 2 is 1.02 bits per heavy atom. The molecule has 46 heavy (non-hydrogen) atoms. The number of carbonyl (C=O) groups excluding carboxylic acids is 1. The summed E-state index contributed by atoms with van der Waals surface area (Å²) in [6.45, 7) is 0. The number of carbonyl (C=O) groups is 1. The summed E-state index contributed by atoms with van der Waals surface area (Å²) in [5, 5.41) is 4.31. The Balaban J connectivity index is 0.000000192. The number of hydrogen-bond acceptors (Lipinski definition) is 5. The lowest BCUT2D eigenvalue weighted by Gasteiger charge is -2.55. The topological polar surface area (TPSA) is 83.5 Å². The van der Waals surface area contributed by atoms with Crippen LogP contribution in [-0.4, -0.2) is 42.6 Å². The summed E-state index contributed by atoms with van der Waals surface area (Å²) >= 11 is 0. The zero-order valence-electron chi connectivity index (χ0n) is 24.6. The molecule has 248 valence electrons. The van der Waals surface area contributed by atoms with E-state index >= 15 is 0 Å². The first-order valence-corrected chi connectivity index (χ1v) is 17.9. The lowest BCUT2D eigenvalue weighted by atomic mass is 9.49. The molecule has 4 aliphatic carbocycles. The molecule has 0 atom stereocenters. The molecule has 0 saturated heterocycles. The van der Waals surface area contributed by atoms with E-state index < -0.39 is 53.1 Å².